The van der Waals surface area contributed by atoms with Crippen LogP contribution in [0.5, 0.6) is 0 Å². The number of hydrogen-bond donors (Lipinski definition) is 1. The second kappa shape index (κ2) is 4.18. The van der Waals surface area contributed by atoms with Gasteiger partial charge < -0.3 is 5.41 Å². The van der Waals surface area contributed by atoms with Crippen LogP contribution in [0.3, 0.4) is 0 Å². The van der Waals surface area contributed by atoms with Crippen molar-refractivity contribution in [2.45, 2.75) is 18.8 Å². The lowest BCUT2D eigenvalue weighted by Crippen LogP contribution is -2.15. The van der Waals surface area contributed by atoms with E-state index in [0.29, 0.717) is 5.92 Å². The van der Waals surface area contributed by atoms with E-state index in [-0.39, 0.29) is 0 Å². The van der Waals surface area contributed by atoms with Crippen LogP contribution < -0.4 is 0 Å². The van der Waals surface area contributed by atoms with Gasteiger partial charge in [0.1, 0.15) is 0 Å². The molecule has 1 aliphatic rings. The average molecular weight is 186 g/mol. The molecule has 1 aromatic rings. The second-order valence-corrected chi connectivity index (χ2v) is 3.62. The summed E-state index contributed by atoms with van der Waals surface area (Å²) in [7, 11) is 0. The Bertz CT molecular complexity index is 341. The molecule has 0 saturated carbocycles. The first-order valence-corrected chi connectivity index (χ1v) is 4.99. The Morgan fingerprint density at radius 3 is 2.79 bits per heavy atom. The maximum atomic E-state index is 7.19. The molecule has 1 heterocycles. The van der Waals surface area contributed by atoms with Crippen LogP contribution in [-0.4, -0.2) is 18.5 Å². The SMILES string of the molecule is N=CC1=NCCC(c2ccccc2)C1. The molecular weight excluding hydrogens is 172 g/mol. The summed E-state index contributed by atoms with van der Waals surface area (Å²) in [5.41, 5.74) is 2.31. The van der Waals surface area contributed by atoms with Gasteiger partial charge in [-0.25, -0.2) is 0 Å². The first kappa shape index (κ1) is 9.13. The number of nitrogens with zero attached hydrogens (tertiary/aromatic N) is 1. The number of hydrogen-bond acceptors (Lipinski definition) is 2. The van der Waals surface area contributed by atoms with E-state index in [2.05, 4.69) is 29.3 Å². The highest BCUT2D eigenvalue weighted by atomic mass is 14.8. The van der Waals surface area contributed by atoms with Gasteiger partial charge in [-0.2, -0.15) is 0 Å². The number of rotatable bonds is 2. The molecule has 0 aliphatic carbocycles. The predicted molar refractivity (Wildman–Crippen MR) is 59.5 cm³/mol. The number of nitrogens with one attached hydrogen (secondary N) is 1. The van der Waals surface area contributed by atoms with Crippen LogP contribution in [-0.2, 0) is 0 Å². The molecule has 0 bridgehead atoms. The van der Waals surface area contributed by atoms with Gasteiger partial charge in [0.25, 0.3) is 0 Å². The zero-order valence-electron chi connectivity index (χ0n) is 8.11. The van der Waals surface area contributed by atoms with Crippen molar-refractivity contribution in [3.63, 3.8) is 0 Å². The molecule has 2 rings (SSSR count). The molecule has 0 saturated heterocycles. The maximum Gasteiger partial charge on any atom is 0.0529 e. The smallest absolute Gasteiger partial charge is 0.0529 e. The Morgan fingerprint density at radius 2 is 2.07 bits per heavy atom. The minimum atomic E-state index is 0.560. The summed E-state index contributed by atoms with van der Waals surface area (Å²) in [4.78, 5) is 4.30. The largest absolute Gasteiger partial charge is 0.307 e. The summed E-state index contributed by atoms with van der Waals surface area (Å²) in [5, 5.41) is 7.19. The van der Waals surface area contributed by atoms with Crippen LogP contribution in [0.15, 0.2) is 35.3 Å². The lowest BCUT2D eigenvalue weighted by atomic mass is 9.89. The fraction of sp³-hybridized carbons (Fsp3) is 0.333. The van der Waals surface area contributed by atoms with E-state index >= 15 is 0 Å². The van der Waals surface area contributed by atoms with E-state index < -0.39 is 0 Å². The topological polar surface area (TPSA) is 36.2 Å². The Labute approximate surface area is 84.2 Å². The van der Waals surface area contributed by atoms with E-state index in [1.165, 1.54) is 11.8 Å². The van der Waals surface area contributed by atoms with Crippen molar-refractivity contribution in [1.82, 2.24) is 0 Å². The minimum Gasteiger partial charge on any atom is -0.307 e. The summed E-state index contributed by atoms with van der Waals surface area (Å²) < 4.78 is 0. The quantitative estimate of drug-likeness (QED) is 0.689. The first-order chi connectivity index (χ1) is 6.90. The van der Waals surface area contributed by atoms with Gasteiger partial charge in [-0.15, -0.1) is 0 Å². The van der Waals surface area contributed by atoms with Crippen molar-refractivity contribution in [1.29, 1.82) is 5.41 Å². The molecule has 0 aromatic heterocycles. The third-order valence-corrected chi connectivity index (χ3v) is 2.69. The van der Waals surface area contributed by atoms with Crippen molar-refractivity contribution < 1.29 is 0 Å². The fourth-order valence-electron chi connectivity index (χ4n) is 1.90. The van der Waals surface area contributed by atoms with Crippen molar-refractivity contribution >= 4 is 11.9 Å². The summed E-state index contributed by atoms with van der Waals surface area (Å²) in [5.74, 6) is 0.560. The van der Waals surface area contributed by atoms with E-state index in [1.54, 1.807) is 0 Å². The zero-order valence-corrected chi connectivity index (χ0v) is 8.11. The van der Waals surface area contributed by atoms with Crippen LogP contribution in [0, 0.1) is 5.41 Å². The Morgan fingerprint density at radius 1 is 1.29 bits per heavy atom. The van der Waals surface area contributed by atoms with Crippen molar-refractivity contribution in [2.75, 3.05) is 6.54 Å². The van der Waals surface area contributed by atoms with Gasteiger partial charge >= 0.3 is 0 Å². The molecule has 1 N–H and O–H groups in total. The zero-order chi connectivity index (χ0) is 9.80. The third kappa shape index (κ3) is 1.90. The molecule has 0 fully saturated rings. The van der Waals surface area contributed by atoms with E-state index in [1.807, 2.05) is 6.07 Å². The lowest BCUT2D eigenvalue weighted by molar-refractivity contribution is 0.633. The normalized spacial score (nSPS) is 21.4. The Balaban J connectivity index is 2.15. The lowest BCUT2D eigenvalue weighted by Gasteiger charge is -2.20. The fourth-order valence-corrected chi connectivity index (χ4v) is 1.90. The van der Waals surface area contributed by atoms with Crippen molar-refractivity contribution in [2.24, 2.45) is 4.99 Å². The highest BCUT2D eigenvalue weighted by Crippen LogP contribution is 2.26. The van der Waals surface area contributed by atoms with Crippen molar-refractivity contribution in [3.05, 3.63) is 35.9 Å². The van der Waals surface area contributed by atoms with Gasteiger partial charge in [0.05, 0.1) is 5.71 Å². The molecule has 14 heavy (non-hydrogen) atoms. The molecular formula is C12H14N2. The summed E-state index contributed by atoms with van der Waals surface area (Å²) in [6, 6.07) is 10.5. The van der Waals surface area contributed by atoms with Crippen molar-refractivity contribution in [3.8, 4) is 0 Å². The second-order valence-electron chi connectivity index (χ2n) is 3.62. The number of benzene rings is 1. The molecule has 2 nitrogen and oxygen atoms in total. The molecule has 1 atom stereocenters. The summed E-state index contributed by atoms with van der Waals surface area (Å²) >= 11 is 0. The van der Waals surface area contributed by atoms with E-state index in [4.69, 9.17) is 5.41 Å². The minimum absolute atomic E-state index is 0.560. The van der Waals surface area contributed by atoms with Gasteiger partial charge in [-0.1, -0.05) is 30.3 Å². The molecule has 2 heteroatoms. The highest BCUT2D eigenvalue weighted by Gasteiger charge is 2.16. The number of aliphatic imine (C=N–C) groups is 1. The van der Waals surface area contributed by atoms with Crippen LogP contribution >= 0.6 is 0 Å². The Kier molecular flexibility index (Phi) is 2.73. The van der Waals surface area contributed by atoms with Gasteiger partial charge in [-0.05, 0) is 24.3 Å². The van der Waals surface area contributed by atoms with E-state index in [0.717, 1.165) is 25.1 Å². The predicted octanol–water partition coefficient (Wildman–Crippen LogP) is 2.65. The van der Waals surface area contributed by atoms with Gasteiger partial charge in [0, 0.05) is 12.8 Å². The third-order valence-electron chi connectivity index (χ3n) is 2.69. The molecule has 1 aliphatic heterocycles. The Hall–Kier alpha value is -1.44. The summed E-state index contributed by atoms with van der Waals surface area (Å²) in [6.45, 7) is 0.865. The molecule has 1 aromatic carbocycles. The summed E-state index contributed by atoms with van der Waals surface area (Å²) in [6.07, 6.45) is 3.42. The molecule has 0 spiro atoms. The molecule has 1 unspecified atom stereocenters. The maximum absolute atomic E-state index is 7.19. The van der Waals surface area contributed by atoms with Crippen LogP contribution in [0.1, 0.15) is 24.3 Å². The van der Waals surface area contributed by atoms with Gasteiger partial charge in [-0.3, -0.25) is 4.99 Å². The van der Waals surface area contributed by atoms with Crippen LogP contribution in [0.25, 0.3) is 0 Å². The van der Waals surface area contributed by atoms with Gasteiger partial charge in [0.2, 0.25) is 0 Å². The monoisotopic (exact) mass is 186 g/mol. The standard InChI is InChI=1S/C12H14N2/c13-9-12-8-11(6-7-14-12)10-4-2-1-3-5-10/h1-5,9,11,13H,6-8H2. The van der Waals surface area contributed by atoms with Gasteiger partial charge in [0.15, 0.2) is 0 Å². The van der Waals surface area contributed by atoms with E-state index in [9.17, 15) is 0 Å². The van der Waals surface area contributed by atoms with Crippen LogP contribution in [0.4, 0.5) is 0 Å². The highest BCUT2D eigenvalue weighted by molar-refractivity contribution is 6.29. The van der Waals surface area contributed by atoms with Crippen LogP contribution in [0.2, 0.25) is 0 Å². The average Bonchev–Trinajstić information content (AvgIpc) is 2.30. The first-order valence-electron chi connectivity index (χ1n) is 4.99. The molecule has 0 amide bonds. The molecule has 0 radical (unpaired) electrons. The molecule has 72 valence electrons.